The average molecular weight is 836 g/mol. The zero-order valence-electron chi connectivity index (χ0n) is 35.9. The molecule has 0 saturated carbocycles. The van der Waals surface area contributed by atoms with E-state index >= 15 is 0 Å². The molecule has 0 aliphatic rings. The highest BCUT2D eigenvalue weighted by Crippen LogP contribution is 2.43. The van der Waals surface area contributed by atoms with Crippen molar-refractivity contribution in [2.45, 2.75) is 180 Å². The molecule has 0 spiro atoms. The van der Waals surface area contributed by atoms with Gasteiger partial charge in [-0.15, -0.1) is 0 Å². The third-order valence-corrected chi connectivity index (χ3v) is 9.89. The van der Waals surface area contributed by atoms with Gasteiger partial charge in [0.25, 0.3) is 0 Å². The maximum Gasteiger partial charge on any atom is 0.472 e. The van der Waals surface area contributed by atoms with Crippen LogP contribution in [-0.4, -0.2) is 59.9 Å². The molecule has 0 aliphatic carbocycles. The molecule has 332 valence electrons. The lowest BCUT2D eigenvalue weighted by molar-refractivity contribution is -0.161. The molecule has 3 atom stereocenters. The van der Waals surface area contributed by atoms with Crippen molar-refractivity contribution in [2.24, 2.45) is 5.73 Å². The van der Waals surface area contributed by atoms with E-state index in [2.05, 4.69) is 91.3 Å². The van der Waals surface area contributed by atoms with E-state index in [0.29, 0.717) is 12.8 Å². The first-order valence-corrected chi connectivity index (χ1v) is 23.5. The molecular formula is C46H78NO10P. The highest BCUT2D eigenvalue weighted by atomic mass is 31.2. The number of carbonyl (C=O) groups is 3. The van der Waals surface area contributed by atoms with Gasteiger partial charge in [0.15, 0.2) is 6.10 Å². The molecule has 0 aliphatic heterocycles. The number of carbonyl (C=O) groups excluding carboxylic acids is 2. The number of nitrogens with two attached hydrogens (primary N) is 1. The maximum absolute atomic E-state index is 12.6. The van der Waals surface area contributed by atoms with Crippen LogP contribution in [0.15, 0.2) is 72.9 Å². The first-order valence-electron chi connectivity index (χ1n) is 22.0. The number of esters is 2. The summed E-state index contributed by atoms with van der Waals surface area (Å²) in [4.78, 5) is 45.9. The summed E-state index contributed by atoms with van der Waals surface area (Å²) in [6.45, 7) is 2.62. The minimum absolute atomic E-state index is 0.120. The molecular weight excluding hydrogens is 757 g/mol. The molecule has 12 heteroatoms. The Morgan fingerprint density at radius 3 is 1.50 bits per heavy atom. The number of phosphoric ester groups is 1. The van der Waals surface area contributed by atoms with Gasteiger partial charge in [-0.3, -0.25) is 23.4 Å². The highest BCUT2D eigenvalue weighted by Gasteiger charge is 2.28. The number of carboxylic acids is 1. The van der Waals surface area contributed by atoms with Gasteiger partial charge in [0, 0.05) is 12.8 Å². The molecule has 0 rings (SSSR count). The van der Waals surface area contributed by atoms with Crippen molar-refractivity contribution in [1.82, 2.24) is 0 Å². The normalized spacial score (nSPS) is 14.4. The topological polar surface area (TPSA) is 172 Å². The van der Waals surface area contributed by atoms with Crippen LogP contribution in [0.4, 0.5) is 0 Å². The third kappa shape index (κ3) is 39.7. The molecule has 0 heterocycles. The van der Waals surface area contributed by atoms with Gasteiger partial charge < -0.3 is 25.2 Å². The summed E-state index contributed by atoms with van der Waals surface area (Å²) in [5, 5.41) is 8.89. The van der Waals surface area contributed by atoms with Gasteiger partial charge in [-0.2, -0.15) is 0 Å². The fourth-order valence-corrected chi connectivity index (χ4v) is 6.27. The summed E-state index contributed by atoms with van der Waals surface area (Å²) in [7, 11) is -4.73. The quantitative estimate of drug-likeness (QED) is 0.0232. The Morgan fingerprint density at radius 1 is 0.552 bits per heavy atom. The molecule has 0 fully saturated rings. The van der Waals surface area contributed by atoms with E-state index in [1.165, 1.54) is 57.8 Å². The number of unbranched alkanes of at least 4 members (excludes halogenated alkanes) is 14. The second kappa shape index (κ2) is 40.7. The molecule has 0 aromatic rings. The van der Waals surface area contributed by atoms with E-state index in [1.54, 1.807) is 0 Å². The van der Waals surface area contributed by atoms with Crippen LogP contribution in [0.25, 0.3) is 0 Å². The van der Waals surface area contributed by atoms with Crippen LogP contribution >= 0.6 is 7.82 Å². The van der Waals surface area contributed by atoms with Crippen LogP contribution in [0, 0.1) is 0 Å². The molecule has 0 amide bonds. The van der Waals surface area contributed by atoms with Crippen molar-refractivity contribution >= 4 is 25.7 Å². The second-order valence-electron chi connectivity index (χ2n) is 14.4. The number of aliphatic carboxylic acids is 1. The number of hydrogen-bond acceptors (Lipinski definition) is 9. The van der Waals surface area contributed by atoms with Crippen molar-refractivity contribution in [3.63, 3.8) is 0 Å². The van der Waals surface area contributed by atoms with Crippen molar-refractivity contribution in [1.29, 1.82) is 0 Å². The lowest BCUT2D eigenvalue weighted by Crippen LogP contribution is -2.34. The molecule has 58 heavy (non-hydrogen) atoms. The maximum atomic E-state index is 12.6. The fourth-order valence-electron chi connectivity index (χ4n) is 5.50. The average Bonchev–Trinajstić information content (AvgIpc) is 3.20. The Labute approximate surface area is 350 Å². The van der Waals surface area contributed by atoms with Gasteiger partial charge in [0.1, 0.15) is 12.6 Å². The predicted molar refractivity (Wildman–Crippen MR) is 235 cm³/mol. The van der Waals surface area contributed by atoms with E-state index in [4.69, 9.17) is 24.8 Å². The van der Waals surface area contributed by atoms with E-state index in [9.17, 15) is 23.8 Å². The van der Waals surface area contributed by atoms with Gasteiger partial charge in [0.2, 0.25) is 0 Å². The Balaban J connectivity index is 4.46. The first-order chi connectivity index (χ1) is 28.1. The van der Waals surface area contributed by atoms with Gasteiger partial charge >= 0.3 is 25.7 Å². The monoisotopic (exact) mass is 836 g/mol. The molecule has 0 aromatic carbocycles. The Hall–Kier alpha value is -3.08. The summed E-state index contributed by atoms with van der Waals surface area (Å²) in [6, 6.07) is -1.53. The smallest absolute Gasteiger partial charge is 0.472 e. The van der Waals surface area contributed by atoms with Crippen molar-refractivity contribution < 1.29 is 47.5 Å². The standard InChI is InChI=1S/C46H78NO10P/c1-3-5-7-9-11-13-15-17-19-20-21-22-24-25-27-29-31-33-35-37-44(48)54-39-42(40-55-58(52,53)56-41-43(47)46(50)51)57-45(49)38-36-34-32-30-28-26-23-18-16-14-12-10-8-6-4-2/h5,7,11,13,17,19,21-22,25,27-28,30,42-43H,3-4,6,8-10,12,14-16,18,20,23-24,26,29,31-41,47H2,1-2H3,(H,50,51)(H,52,53)/b7-5+,13-11+,19-17+,22-21+,27-25+,30-28+/t42-,43+/m1/s1. The Morgan fingerprint density at radius 2 is 0.966 bits per heavy atom. The van der Waals surface area contributed by atoms with Gasteiger partial charge in [-0.05, 0) is 83.5 Å². The minimum Gasteiger partial charge on any atom is -0.480 e. The third-order valence-electron chi connectivity index (χ3n) is 8.94. The number of phosphoric acid groups is 1. The van der Waals surface area contributed by atoms with Crippen molar-refractivity contribution in [3.05, 3.63) is 72.9 Å². The van der Waals surface area contributed by atoms with Crippen LogP contribution in [0.3, 0.4) is 0 Å². The Bertz CT molecular complexity index is 1260. The molecule has 0 radical (unpaired) electrons. The number of allylic oxidation sites excluding steroid dienone is 12. The molecule has 0 saturated heterocycles. The summed E-state index contributed by atoms with van der Waals surface area (Å²) < 4.78 is 32.6. The van der Waals surface area contributed by atoms with Crippen LogP contribution in [0.2, 0.25) is 0 Å². The van der Waals surface area contributed by atoms with Crippen molar-refractivity contribution in [2.75, 3.05) is 19.8 Å². The predicted octanol–water partition coefficient (Wildman–Crippen LogP) is 11.7. The largest absolute Gasteiger partial charge is 0.480 e. The number of rotatable bonds is 40. The van der Waals surface area contributed by atoms with E-state index < -0.39 is 51.1 Å². The number of carboxylic acid groups (broad SMARTS) is 1. The van der Waals surface area contributed by atoms with E-state index in [1.807, 2.05) is 0 Å². The summed E-state index contributed by atoms with van der Waals surface area (Å²) in [5.74, 6) is -2.46. The van der Waals surface area contributed by atoms with Crippen molar-refractivity contribution in [3.8, 4) is 0 Å². The lowest BCUT2D eigenvalue weighted by atomic mass is 10.1. The Kier molecular flexibility index (Phi) is 38.5. The zero-order valence-corrected chi connectivity index (χ0v) is 36.8. The minimum atomic E-state index is -4.73. The SMILES string of the molecule is CC/C=C/C/C=C/C/C=C/C/C=C/C/C=C/CCCCCC(=O)OC[C@H](COP(=O)(O)OC[C@H](N)C(=O)O)OC(=O)CCCC/C=C/CCCCCCCCCCC. The molecule has 4 N–H and O–H groups in total. The molecule has 11 nitrogen and oxygen atoms in total. The first kappa shape index (κ1) is 54.9. The summed E-state index contributed by atoms with van der Waals surface area (Å²) in [5.41, 5.74) is 5.33. The van der Waals surface area contributed by atoms with E-state index in [0.717, 1.165) is 70.6 Å². The second-order valence-corrected chi connectivity index (χ2v) is 15.9. The summed E-state index contributed by atoms with van der Waals surface area (Å²) >= 11 is 0. The van der Waals surface area contributed by atoms with Gasteiger partial charge in [-0.1, -0.05) is 145 Å². The lowest BCUT2D eigenvalue weighted by Gasteiger charge is -2.20. The molecule has 0 bridgehead atoms. The van der Waals surface area contributed by atoms with E-state index in [-0.39, 0.29) is 19.4 Å². The number of hydrogen-bond donors (Lipinski definition) is 3. The van der Waals surface area contributed by atoms with Crippen LogP contribution in [0.5, 0.6) is 0 Å². The van der Waals surface area contributed by atoms with Gasteiger partial charge in [0.05, 0.1) is 13.2 Å². The summed E-state index contributed by atoms with van der Waals surface area (Å²) in [6.07, 6.45) is 48.3. The highest BCUT2D eigenvalue weighted by molar-refractivity contribution is 7.47. The van der Waals surface area contributed by atoms with Gasteiger partial charge in [-0.25, -0.2) is 4.57 Å². The molecule has 0 aromatic heterocycles. The van der Waals surface area contributed by atoms with Crippen LogP contribution < -0.4 is 5.73 Å². The molecule has 1 unspecified atom stereocenters. The number of ether oxygens (including phenoxy) is 2. The van der Waals surface area contributed by atoms with Crippen LogP contribution in [0.1, 0.15) is 168 Å². The van der Waals surface area contributed by atoms with Crippen LogP contribution in [-0.2, 0) is 37.5 Å². The fraction of sp³-hybridized carbons (Fsp3) is 0.674. The zero-order chi connectivity index (χ0) is 42.8.